The fourth-order valence-electron chi connectivity index (χ4n) is 2.96. The van der Waals surface area contributed by atoms with Crippen LogP contribution in [0.15, 0.2) is 72.9 Å². The molecule has 9 heteroatoms. The van der Waals surface area contributed by atoms with Crippen molar-refractivity contribution in [2.24, 2.45) is 0 Å². The average Bonchev–Trinajstić information content (AvgIpc) is 2.74. The van der Waals surface area contributed by atoms with Crippen LogP contribution in [-0.2, 0) is 6.18 Å². The number of rotatable bonds is 4. The van der Waals surface area contributed by atoms with Crippen LogP contribution in [0.5, 0.6) is 11.5 Å². The number of urea groups is 1. The molecule has 0 spiro atoms. The number of aryl methyl sites for hydroxylation is 1. The minimum atomic E-state index is -4.49. The number of benzene rings is 3. The number of carbonyl (C=O) groups excluding carboxylic acids is 1. The van der Waals surface area contributed by atoms with E-state index in [1.54, 1.807) is 42.6 Å². The normalized spacial score (nSPS) is 11.2. The fraction of sp³-hybridized carbons (Fsp3) is 0.0870. The third-order valence-corrected chi connectivity index (χ3v) is 4.43. The summed E-state index contributed by atoms with van der Waals surface area (Å²) in [5, 5.41) is 4.95. The van der Waals surface area contributed by atoms with E-state index < -0.39 is 17.8 Å². The maximum absolute atomic E-state index is 12.8. The largest absolute Gasteiger partial charge is 0.457 e. The number of halogens is 3. The van der Waals surface area contributed by atoms with Gasteiger partial charge in [-0.1, -0.05) is 6.07 Å². The van der Waals surface area contributed by atoms with Crippen molar-refractivity contribution in [2.75, 3.05) is 10.6 Å². The highest BCUT2D eigenvalue weighted by atomic mass is 19.4. The second-order valence-electron chi connectivity index (χ2n) is 6.95. The number of hydrogen-bond acceptors (Lipinski definition) is 4. The first-order valence-electron chi connectivity index (χ1n) is 9.53. The summed E-state index contributed by atoms with van der Waals surface area (Å²) in [7, 11) is 0. The van der Waals surface area contributed by atoms with Crippen LogP contribution in [-0.4, -0.2) is 16.0 Å². The van der Waals surface area contributed by atoms with Crippen molar-refractivity contribution in [1.29, 1.82) is 0 Å². The van der Waals surface area contributed by atoms with E-state index in [4.69, 9.17) is 4.74 Å². The number of nitrogens with one attached hydrogen (secondary N) is 2. The van der Waals surface area contributed by atoms with Gasteiger partial charge in [0.15, 0.2) is 0 Å². The van der Waals surface area contributed by atoms with Crippen LogP contribution < -0.4 is 15.4 Å². The fourth-order valence-corrected chi connectivity index (χ4v) is 2.96. The molecule has 0 aliphatic heterocycles. The summed E-state index contributed by atoms with van der Waals surface area (Å²) < 4.78 is 44.2. The summed E-state index contributed by atoms with van der Waals surface area (Å²) in [5.41, 5.74) is 1.91. The highest BCUT2D eigenvalue weighted by Crippen LogP contribution is 2.31. The number of hydrogen-bond donors (Lipinski definition) is 2. The van der Waals surface area contributed by atoms with Gasteiger partial charge in [0, 0.05) is 23.6 Å². The Kier molecular flexibility index (Phi) is 5.63. The van der Waals surface area contributed by atoms with Crippen LogP contribution in [0.1, 0.15) is 11.3 Å². The minimum Gasteiger partial charge on any atom is -0.457 e. The molecule has 0 saturated carbocycles. The van der Waals surface area contributed by atoms with E-state index >= 15 is 0 Å². The van der Waals surface area contributed by atoms with Crippen molar-refractivity contribution < 1.29 is 22.7 Å². The van der Waals surface area contributed by atoms with Gasteiger partial charge in [-0.3, -0.25) is 4.98 Å². The summed E-state index contributed by atoms with van der Waals surface area (Å²) in [5.74, 6) is 1.12. The van der Waals surface area contributed by atoms with Crippen LogP contribution >= 0.6 is 0 Å². The van der Waals surface area contributed by atoms with Crippen molar-refractivity contribution in [3.8, 4) is 11.5 Å². The van der Waals surface area contributed by atoms with Gasteiger partial charge in [0.1, 0.15) is 11.5 Å². The molecule has 0 aliphatic rings. The molecule has 0 bridgehead atoms. The van der Waals surface area contributed by atoms with E-state index in [1.165, 1.54) is 12.1 Å². The molecule has 32 heavy (non-hydrogen) atoms. The van der Waals surface area contributed by atoms with Gasteiger partial charge < -0.3 is 15.4 Å². The van der Waals surface area contributed by atoms with Gasteiger partial charge in [0.05, 0.1) is 22.3 Å². The summed E-state index contributed by atoms with van der Waals surface area (Å²) in [4.78, 5) is 20.8. The highest BCUT2D eigenvalue weighted by molar-refractivity contribution is 5.99. The molecule has 0 atom stereocenters. The maximum Gasteiger partial charge on any atom is 0.416 e. The molecule has 1 heterocycles. The van der Waals surface area contributed by atoms with E-state index in [2.05, 4.69) is 20.6 Å². The molecule has 0 aliphatic carbocycles. The van der Waals surface area contributed by atoms with E-state index in [0.29, 0.717) is 22.7 Å². The molecule has 0 fully saturated rings. The van der Waals surface area contributed by atoms with Gasteiger partial charge in [-0.15, -0.1) is 0 Å². The monoisotopic (exact) mass is 438 g/mol. The summed E-state index contributed by atoms with van der Waals surface area (Å²) in [6.45, 7) is 1.86. The molecule has 2 amide bonds. The molecule has 6 nitrogen and oxygen atoms in total. The quantitative estimate of drug-likeness (QED) is 0.387. The van der Waals surface area contributed by atoms with Gasteiger partial charge in [-0.25, -0.2) is 9.78 Å². The third-order valence-electron chi connectivity index (χ3n) is 4.43. The predicted molar refractivity (Wildman–Crippen MR) is 115 cm³/mol. The molecule has 0 unspecified atom stereocenters. The van der Waals surface area contributed by atoms with E-state index in [0.717, 1.165) is 23.3 Å². The molecular weight excluding hydrogens is 421 g/mol. The number of alkyl halides is 3. The zero-order chi connectivity index (χ0) is 22.7. The summed E-state index contributed by atoms with van der Waals surface area (Å²) in [6, 6.07) is 15.7. The Morgan fingerprint density at radius 2 is 1.59 bits per heavy atom. The number of fused-ring (bicyclic) bond motifs is 1. The van der Waals surface area contributed by atoms with Crippen molar-refractivity contribution in [2.45, 2.75) is 13.1 Å². The Hall–Kier alpha value is -4.14. The molecule has 0 saturated heterocycles. The van der Waals surface area contributed by atoms with Gasteiger partial charge >= 0.3 is 12.2 Å². The Morgan fingerprint density at radius 1 is 0.875 bits per heavy atom. The topological polar surface area (TPSA) is 76.1 Å². The number of carbonyl (C=O) groups is 1. The number of aromatic nitrogens is 2. The number of anilines is 2. The van der Waals surface area contributed by atoms with Crippen molar-refractivity contribution in [3.63, 3.8) is 0 Å². The van der Waals surface area contributed by atoms with Crippen LogP contribution in [0.4, 0.5) is 29.3 Å². The maximum atomic E-state index is 12.8. The van der Waals surface area contributed by atoms with E-state index in [1.807, 2.05) is 13.0 Å². The van der Waals surface area contributed by atoms with Crippen molar-refractivity contribution >= 4 is 28.4 Å². The Labute approximate surface area is 181 Å². The SMILES string of the molecule is Cc1cnc2ccc(Oc3ccc(NC(=O)Nc4cccc(C(F)(F)F)c4)cc3)cc2n1. The molecule has 3 aromatic carbocycles. The van der Waals surface area contributed by atoms with Gasteiger partial charge in [0.2, 0.25) is 0 Å². The lowest BCUT2D eigenvalue weighted by Crippen LogP contribution is -2.19. The van der Waals surface area contributed by atoms with Crippen LogP contribution in [0.3, 0.4) is 0 Å². The second kappa shape index (κ2) is 8.54. The number of ether oxygens (including phenoxy) is 1. The summed E-state index contributed by atoms with van der Waals surface area (Å²) in [6.07, 6.45) is -2.79. The van der Waals surface area contributed by atoms with Crippen LogP contribution in [0.2, 0.25) is 0 Å². The first-order valence-corrected chi connectivity index (χ1v) is 9.53. The zero-order valence-electron chi connectivity index (χ0n) is 16.8. The molecule has 2 N–H and O–H groups in total. The minimum absolute atomic E-state index is 0.0342. The predicted octanol–water partition coefficient (Wildman–Crippen LogP) is 6.39. The Balaban J connectivity index is 1.39. The molecule has 4 rings (SSSR count). The molecule has 162 valence electrons. The second-order valence-corrected chi connectivity index (χ2v) is 6.95. The first kappa shape index (κ1) is 21.1. The molecule has 0 radical (unpaired) electrons. The Morgan fingerprint density at radius 3 is 2.34 bits per heavy atom. The molecule has 4 aromatic rings. The Bertz CT molecular complexity index is 1270. The standard InChI is InChI=1S/C23H17F3N4O2/c1-14-13-27-20-10-9-19(12-21(20)28-14)32-18-7-5-16(6-8-18)29-22(31)30-17-4-2-3-15(11-17)23(24,25)26/h2-13H,1H3,(H2,29,30,31). The van der Waals surface area contributed by atoms with Gasteiger partial charge in [-0.05, 0) is 61.5 Å². The average molecular weight is 438 g/mol. The van der Waals surface area contributed by atoms with Crippen molar-refractivity contribution in [3.05, 3.63) is 84.2 Å². The smallest absolute Gasteiger partial charge is 0.416 e. The molecule has 1 aromatic heterocycles. The highest BCUT2D eigenvalue weighted by Gasteiger charge is 2.30. The van der Waals surface area contributed by atoms with E-state index in [-0.39, 0.29) is 5.69 Å². The van der Waals surface area contributed by atoms with Crippen molar-refractivity contribution in [1.82, 2.24) is 9.97 Å². The zero-order valence-corrected chi connectivity index (χ0v) is 16.8. The van der Waals surface area contributed by atoms with E-state index in [9.17, 15) is 18.0 Å². The lowest BCUT2D eigenvalue weighted by Gasteiger charge is -2.11. The molecular formula is C23H17F3N4O2. The van der Waals surface area contributed by atoms with Gasteiger partial charge in [-0.2, -0.15) is 13.2 Å². The number of nitrogens with zero attached hydrogens (tertiary/aromatic N) is 2. The summed E-state index contributed by atoms with van der Waals surface area (Å²) >= 11 is 0. The van der Waals surface area contributed by atoms with Gasteiger partial charge in [0.25, 0.3) is 0 Å². The first-order chi connectivity index (χ1) is 15.3. The lowest BCUT2D eigenvalue weighted by atomic mass is 10.2. The number of amides is 2. The van der Waals surface area contributed by atoms with Crippen LogP contribution in [0.25, 0.3) is 11.0 Å². The third kappa shape index (κ3) is 5.12. The van der Waals surface area contributed by atoms with Crippen LogP contribution in [0, 0.1) is 6.92 Å². The lowest BCUT2D eigenvalue weighted by molar-refractivity contribution is -0.137.